The SMILES string of the molecule is Cc1cccc(CNCC2(c3ccc(F)cc3)CC2)c1. The molecule has 0 unspecified atom stereocenters. The highest BCUT2D eigenvalue weighted by atomic mass is 19.1. The molecule has 0 aliphatic heterocycles. The molecule has 20 heavy (non-hydrogen) atoms. The largest absolute Gasteiger partial charge is 0.312 e. The van der Waals surface area contributed by atoms with Crippen LogP contribution >= 0.6 is 0 Å². The van der Waals surface area contributed by atoms with Gasteiger partial charge in [-0.2, -0.15) is 0 Å². The fourth-order valence-corrected chi connectivity index (χ4v) is 2.79. The first-order valence-electron chi connectivity index (χ1n) is 7.20. The van der Waals surface area contributed by atoms with Crippen molar-refractivity contribution in [2.24, 2.45) is 0 Å². The summed E-state index contributed by atoms with van der Waals surface area (Å²) in [5, 5.41) is 3.55. The van der Waals surface area contributed by atoms with Crippen LogP contribution in [0.3, 0.4) is 0 Å². The van der Waals surface area contributed by atoms with Crippen LogP contribution in [0, 0.1) is 12.7 Å². The number of aryl methyl sites for hydroxylation is 1. The average molecular weight is 269 g/mol. The lowest BCUT2D eigenvalue weighted by Crippen LogP contribution is -2.26. The maximum atomic E-state index is 13.0. The molecule has 0 spiro atoms. The first-order chi connectivity index (χ1) is 9.68. The number of benzene rings is 2. The van der Waals surface area contributed by atoms with Crippen LogP contribution in [-0.2, 0) is 12.0 Å². The first kappa shape index (κ1) is 13.3. The molecule has 0 amide bonds. The maximum absolute atomic E-state index is 13.0. The van der Waals surface area contributed by atoms with Gasteiger partial charge in [-0.1, -0.05) is 42.0 Å². The predicted molar refractivity (Wildman–Crippen MR) is 80.2 cm³/mol. The molecular formula is C18H20FN. The third kappa shape index (κ3) is 2.91. The first-order valence-corrected chi connectivity index (χ1v) is 7.20. The van der Waals surface area contributed by atoms with Crippen molar-refractivity contribution in [2.75, 3.05) is 6.54 Å². The Kier molecular flexibility index (Phi) is 3.58. The second kappa shape index (κ2) is 5.37. The molecule has 2 aromatic rings. The van der Waals surface area contributed by atoms with Crippen molar-refractivity contribution in [1.29, 1.82) is 0 Å². The third-order valence-electron chi connectivity index (χ3n) is 4.19. The highest BCUT2D eigenvalue weighted by molar-refractivity contribution is 5.32. The van der Waals surface area contributed by atoms with Crippen LogP contribution in [0.1, 0.15) is 29.5 Å². The summed E-state index contributed by atoms with van der Waals surface area (Å²) >= 11 is 0. The summed E-state index contributed by atoms with van der Waals surface area (Å²) < 4.78 is 13.0. The lowest BCUT2D eigenvalue weighted by atomic mass is 9.96. The van der Waals surface area contributed by atoms with Gasteiger partial charge in [0.05, 0.1) is 0 Å². The summed E-state index contributed by atoms with van der Waals surface area (Å²) in [5.74, 6) is -0.155. The molecular weight excluding hydrogens is 249 g/mol. The zero-order valence-corrected chi connectivity index (χ0v) is 11.8. The topological polar surface area (TPSA) is 12.0 Å². The standard InChI is InChI=1S/C18H20FN/c1-14-3-2-4-15(11-14)12-20-13-18(9-10-18)16-5-7-17(19)8-6-16/h2-8,11,20H,9-10,12-13H2,1H3. The minimum absolute atomic E-state index is 0.155. The molecule has 1 saturated carbocycles. The monoisotopic (exact) mass is 269 g/mol. The minimum Gasteiger partial charge on any atom is -0.312 e. The Morgan fingerprint density at radius 3 is 2.50 bits per heavy atom. The second-order valence-electron chi connectivity index (χ2n) is 5.88. The third-order valence-corrected chi connectivity index (χ3v) is 4.19. The molecule has 2 heteroatoms. The summed E-state index contributed by atoms with van der Waals surface area (Å²) in [4.78, 5) is 0. The molecule has 0 aromatic heterocycles. The van der Waals surface area contributed by atoms with Crippen LogP contribution in [0.2, 0.25) is 0 Å². The van der Waals surface area contributed by atoms with Crippen LogP contribution in [0.25, 0.3) is 0 Å². The van der Waals surface area contributed by atoms with Crippen LogP contribution in [0.5, 0.6) is 0 Å². The molecule has 0 saturated heterocycles. The lowest BCUT2D eigenvalue weighted by Gasteiger charge is -2.17. The Labute approximate surface area is 119 Å². The molecule has 1 N–H and O–H groups in total. The summed E-state index contributed by atoms with van der Waals surface area (Å²) in [6.07, 6.45) is 2.39. The van der Waals surface area contributed by atoms with Gasteiger partial charge in [0.15, 0.2) is 0 Å². The number of hydrogen-bond acceptors (Lipinski definition) is 1. The van der Waals surface area contributed by atoms with Gasteiger partial charge in [0.2, 0.25) is 0 Å². The van der Waals surface area contributed by atoms with Gasteiger partial charge < -0.3 is 5.32 Å². The van der Waals surface area contributed by atoms with Crippen molar-refractivity contribution < 1.29 is 4.39 Å². The van der Waals surface area contributed by atoms with Gasteiger partial charge in [0.25, 0.3) is 0 Å². The van der Waals surface area contributed by atoms with Gasteiger partial charge in [-0.05, 0) is 43.0 Å². The van der Waals surface area contributed by atoms with Gasteiger partial charge >= 0.3 is 0 Å². The molecule has 1 aliphatic rings. The van der Waals surface area contributed by atoms with Gasteiger partial charge in [-0.15, -0.1) is 0 Å². The van der Waals surface area contributed by atoms with Gasteiger partial charge in [-0.3, -0.25) is 0 Å². The maximum Gasteiger partial charge on any atom is 0.123 e. The Morgan fingerprint density at radius 1 is 1.10 bits per heavy atom. The van der Waals surface area contributed by atoms with Gasteiger partial charge in [0.1, 0.15) is 5.82 Å². The zero-order valence-electron chi connectivity index (χ0n) is 11.8. The van der Waals surface area contributed by atoms with E-state index in [1.54, 1.807) is 12.1 Å². The van der Waals surface area contributed by atoms with Crippen molar-refractivity contribution >= 4 is 0 Å². The van der Waals surface area contributed by atoms with Crippen LogP contribution in [0.4, 0.5) is 4.39 Å². The zero-order chi connectivity index (χ0) is 14.0. The van der Waals surface area contributed by atoms with E-state index in [2.05, 4.69) is 36.5 Å². The van der Waals surface area contributed by atoms with Crippen molar-refractivity contribution in [3.05, 3.63) is 71.0 Å². The number of nitrogens with one attached hydrogen (secondary N) is 1. The Morgan fingerprint density at radius 2 is 1.85 bits per heavy atom. The molecule has 1 nitrogen and oxygen atoms in total. The van der Waals surface area contributed by atoms with E-state index >= 15 is 0 Å². The predicted octanol–water partition coefficient (Wildman–Crippen LogP) is 3.96. The van der Waals surface area contributed by atoms with Crippen LogP contribution < -0.4 is 5.32 Å². The van der Waals surface area contributed by atoms with E-state index in [1.807, 2.05) is 12.1 Å². The Hall–Kier alpha value is -1.67. The van der Waals surface area contributed by atoms with E-state index in [1.165, 1.54) is 29.5 Å². The molecule has 0 heterocycles. The van der Waals surface area contributed by atoms with Crippen molar-refractivity contribution in [3.63, 3.8) is 0 Å². The van der Waals surface area contributed by atoms with E-state index in [0.717, 1.165) is 13.1 Å². The Balaban J connectivity index is 1.59. The molecule has 104 valence electrons. The highest BCUT2D eigenvalue weighted by Crippen LogP contribution is 2.47. The highest BCUT2D eigenvalue weighted by Gasteiger charge is 2.43. The Bertz CT molecular complexity index is 585. The fourth-order valence-electron chi connectivity index (χ4n) is 2.79. The second-order valence-corrected chi connectivity index (χ2v) is 5.88. The van der Waals surface area contributed by atoms with E-state index in [9.17, 15) is 4.39 Å². The average Bonchev–Trinajstić information content (AvgIpc) is 3.21. The van der Waals surface area contributed by atoms with E-state index in [-0.39, 0.29) is 11.2 Å². The minimum atomic E-state index is -0.155. The molecule has 3 rings (SSSR count). The quantitative estimate of drug-likeness (QED) is 0.866. The van der Waals surface area contributed by atoms with Crippen LogP contribution in [0.15, 0.2) is 48.5 Å². The van der Waals surface area contributed by atoms with Crippen LogP contribution in [-0.4, -0.2) is 6.54 Å². The number of halogens is 1. The molecule has 1 aliphatic carbocycles. The summed E-state index contributed by atoms with van der Waals surface area (Å²) in [5.41, 5.74) is 4.11. The normalized spacial score (nSPS) is 16.1. The number of rotatable bonds is 5. The summed E-state index contributed by atoms with van der Waals surface area (Å²) in [7, 11) is 0. The van der Waals surface area contributed by atoms with Crippen molar-refractivity contribution in [1.82, 2.24) is 5.32 Å². The fraction of sp³-hybridized carbons (Fsp3) is 0.333. The number of hydrogen-bond donors (Lipinski definition) is 1. The smallest absolute Gasteiger partial charge is 0.123 e. The molecule has 1 fully saturated rings. The van der Waals surface area contributed by atoms with E-state index in [4.69, 9.17) is 0 Å². The molecule has 0 radical (unpaired) electrons. The van der Waals surface area contributed by atoms with Gasteiger partial charge in [0, 0.05) is 18.5 Å². The lowest BCUT2D eigenvalue weighted by molar-refractivity contribution is 0.571. The molecule has 0 atom stereocenters. The molecule has 2 aromatic carbocycles. The van der Waals surface area contributed by atoms with Gasteiger partial charge in [-0.25, -0.2) is 4.39 Å². The van der Waals surface area contributed by atoms with E-state index in [0.29, 0.717) is 0 Å². The van der Waals surface area contributed by atoms with E-state index < -0.39 is 0 Å². The van der Waals surface area contributed by atoms with Crippen molar-refractivity contribution in [2.45, 2.75) is 31.7 Å². The molecule has 0 bridgehead atoms. The van der Waals surface area contributed by atoms with Crippen molar-refractivity contribution in [3.8, 4) is 0 Å². The summed E-state index contributed by atoms with van der Waals surface area (Å²) in [6.45, 7) is 3.97. The summed E-state index contributed by atoms with van der Waals surface area (Å²) in [6, 6.07) is 15.6.